The number of nitrogens with zero attached hydrogens (tertiary/aromatic N) is 5. The van der Waals surface area contributed by atoms with E-state index >= 15 is 0 Å². The molecule has 0 aromatic carbocycles. The van der Waals surface area contributed by atoms with Gasteiger partial charge in [-0.05, 0) is 50.1 Å². The van der Waals surface area contributed by atoms with Gasteiger partial charge in [0.25, 0.3) is 0 Å². The van der Waals surface area contributed by atoms with Crippen LogP contribution in [0.15, 0.2) is 0 Å². The van der Waals surface area contributed by atoms with Crippen molar-refractivity contribution in [3.8, 4) is 0 Å². The quantitative estimate of drug-likeness (QED) is 0.858. The predicted molar refractivity (Wildman–Crippen MR) is 81.6 cm³/mol. The van der Waals surface area contributed by atoms with Gasteiger partial charge in [0.05, 0.1) is 0 Å². The van der Waals surface area contributed by atoms with E-state index in [-0.39, 0.29) is 0 Å². The Balaban J connectivity index is 1.86. The Morgan fingerprint density at radius 2 is 1.75 bits per heavy atom. The highest BCUT2D eigenvalue weighted by atomic mass is 35.5. The van der Waals surface area contributed by atoms with E-state index in [1.165, 1.54) is 32.1 Å². The molecule has 1 aromatic heterocycles. The van der Waals surface area contributed by atoms with Gasteiger partial charge in [0.1, 0.15) is 0 Å². The molecule has 2 aliphatic rings. The Morgan fingerprint density at radius 1 is 1.00 bits per heavy atom. The number of aromatic nitrogens is 3. The van der Waals surface area contributed by atoms with Gasteiger partial charge in [-0.2, -0.15) is 15.0 Å². The summed E-state index contributed by atoms with van der Waals surface area (Å²) in [6, 6.07) is 0.544. The Labute approximate surface area is 125 Å². The van der Waals surface area contributed by atoms with Crippen molar-refractivity contribution in [1.29, 1.82) is 0 Å². The first-order chi connectivity index (χ1) is 9.78. The van der Waals surface area contributed by atoms with Crippen molar-refractivity contribution >= 4 is 23.5 Å². The largest absolute Gasteiger partial charge is 0.341 e. The molecule has 0 amide bonds. The minimum Gasteiger partial charge on any atom is -0.341 e. The van der Waals surface area contributed by atoms with Crippen molar-refractivity contribution in [1.82, 2.24) is 15.0 Å². The van der Waals surface area contributed by atoms with E-state index in [1.807, 2.05) is 0 Å². The van der Waals surface area contributed by atoms with E-state index in [1.54, 1.807) is 0 Å². The summed E-state index contributed by atoms with van der Waals surface area (Å²) >= 11 is 6.12. The first kappa shape index (κ1) is 13.9. The molecule has 0 N–H and O–H groups in total. The highest BCUT2D eigenvalue weighted by Gasteiger charge is 2.26. The standard InChI is InChI=1S/C14H22ClN5/c1-2-11-7-6-10-20(11)14-17-12(15)16-13(18-14)19-8-4-3-5-9-19/h11H,2-10H2,1H3. The number of hydrogen-bond acceptors (Lipinski definition) is 5. The molecule has 1 atom stereocenters. The van der Waals surface area contributed by atoms with E-state index in [2.05, 4.69) is 31.7 Å². The summed E-state index contributed by atoms with van der Waals surface area (Å²) in [4.78, 5) is 17.9. The van der Waals surface area contributed by atoms with E-state index in [9.17, 15) is 0 Å². The average molecular weight is 296 g/mol. The summed E-state index contributed by atoms with van der Waals surface area (Å²) in [7, 11) is 0. The Bertz CT molecular complexity index is 461. The van der Waals surface area contributed by atoms with Crippen LogP contribution in [0.3, 0.4) is 0 Å². The zero-order valence-electron chi connectivity index (χ0n) is 12.1. The lowest BCUT2D eigenvalue weighted by atomic mass is 10.1. The minimum absolute atomic E-state index is 0.317. The first-order valence-corrected chi connectivity index (χ1v) is 8.09. The van der Waals surface area contributed by atoms with Crippen LogP contribution in [0, 0.1) is 0 Å². The van der Waals surface area contributed by atoms with Crippen LogP contribution in [0.2, 0.25) is 5.28 Å². The Kier molecular flexibility index (Phi) is 4.24. The molecule has 20 heavy (non-hydrogen) atoms. The zero-order valence-corrected chi connectivity index (χ0v) is 12.8. The zero-order chi connectivity index (χ0) is 13.9. The molecule has 0 spiro atoms. The van der Waals surface area contributed by atoms with E-state index in [0.29, 0.717) is 11.3 Å². The van der Waals surface area contributed by atoms with Gasteiger partial charge in [0, 0.05) is 25.7 Å². The van der Waals surface area contributed by atoms with Crippen LogP contribution in [0.25, 0.3) is 0 Å². The maximum atomic E-state index is 6.12. The molecule has 110 valence electrons. The van der Waals surface area contributed by atoms with Crippen molar-refractivity contribution < 1.29 is 0 Å². The molecule has 2 aliphatic heterocycles. The number of hydrogen-bond donors (Lipinski definition) is 0. The highest BCUT2D eigenvalue weighted by Crippen LogP contribution is 2.27. The molecule has 0 bridgehead atoms. The predicted octanol–water partition coefficient (Wildman–Crippen LogP) is 2.89. The molecule has 6 heteroatoms. The number of anilines is 2. The fourth-order valence-electron chi connectivity index (χ4n) is 3.22. The molecule has 1 unspecified atom stereocenters. The van der Waals surface area contributed by atoms with E-state index in [4.69, 9.17) is 11.6 Å². The third-order valence-corrected chi connectivity index (χ3v) is 4.50. The molecule has 5 nitrogen and oxygen atoms in total. The molecule has 0 aliphatic carbocycles. The first-order valence-electron chi connectivity index (χ1n) is 7.71. The summed E-state index contributed by atoms with van der Waals surface area (Å²) < 4.78 is 0. The SMILES string of the molecule is CCC1CCCN1c1nc(Cl)nc(N2CCCCC2)n1. The van der Waals surface area contributed by atoms with Crippen LogP contribution in [-0.2, 0) is 0 Å². The van der Waals surface area contributed by atoms with Crippen LogP contribution < -0.4 is 9.80 Å². The lowest BCUT2D eigenvalue weighted by Gasteiger charge is -2.28. The summed E-state index contributed by atoms with van der Waals surface area (Å²) in [6.45, 7) is 5.30. The van der Waals surface area contributed by atoms with E-state index in [0.717, 1.165) is 38.0 Å². The fourth-order valence-corrected chi connectivity index (χ4v) is 3.37. The molecule has 1 aromatic rings. The van der Waals surface area contributed by atoms with Gasteiger partial charge in [-0.1, -0.05) is 6.92 Å². The lowest BCUT2D eigenvalue weighted by Crippen LogP contribution is -2.34. The molecule has 0 saturated carbocycles. The Hall–Kier alpha value is -1.10. The van der Waals surface area contributed by atoms with Gasteiger partial charge in [0.2, 0.25) is 17.2 Å². The van der Waals surface area contributed by atoms with Crippen molar-refractivity contribution in [3.05, 3.63) is 5.28 Å². The normalized spacial score (nSPS) is 23.4. The summed E-state index contributed by atoms with van der Waals surface area (Å²) in [6.07, 6.45) is 7.27. The third-order valence-electron chi connectivity index (χ3n) is 4.33. The second-order valence-corrected chi connectivity index (χ2v) is 5.99. The number of rotatable bonds is 3. The van der Waals surface area contributed by atoms with Gasteiger partial charge in [0.15, 0.2) is 0 Å². The summed E-state index contributed by atoms with van der Waals surface area (Å²) in [5, 5.41) is 0.317. The van der Waals surface area contributed by atoms with Gasteiger partial charge in [-0.15, -0.1) is 0 Å². The molecule has 2 fully saturated rings. The van der Waals surface area contributed by atoms with Gasteiger partial charge >= 0.3 is 0 Å². The fraction of sp³-hybridized carbons (Fsp3) is 0.786. The number of halogens is 1. The molecule has 3 heterocycles. The van der Waals surface area contributed by atoms with Gasteiger partial charge in [-0.3, -0.25) is 0 Å². The summed E-state index contributed by atoms with van der Waals surface area (Å²) in [5.74, 6) is 1.51. The number of piperidine rings is 1. The average Bonchev–Trinajstić information content (AvgIpc) is 2.96. The third kappa shape index (κ3) is 2.82. The molecular weight excluding hydrogens is 274 g/mol. The van der Waals surface area contributed by atoms with Crippen molar-refractivity contribution in [3.63, 3.8) is 0 Å². The van der Waals surface area contributed by atoms with E-state index < -0.39 is 0 Å². The lowest BCUT2D eigenvalue weighted by molar-refractivity contribution is 0.565. The maximum Gasteiger partial charge on any atom is 0.231 e. The second kappa shape index (κ2) is 6.12. The smallest absolute Gasteiger partial charge is 0.231 e. The summed E-state index contributed by atoms with van der Waals surface area (Å²) in [5.41, 5.74) is 0. The second-order valence-electron chi connectivity index (χ2n) is 5.65. The van der Waals surface area contributed by atoms with Crippen LogP contribution in [-0.4, -0.2) is 40.6 Å². The van der Waals surface area contributed by atoms with Crippen LogP contribution in [0.4, 0.5) is 11.9 Å². The van der Waals surface area contributed by atoms with Crippen LogP contribution in [0.5, 0.6) is 0 Å². The molecule has 0 radical (unpaired) electrons. The van der Waals surface area contributed by atoms with Gasteiger partial charge < -0.3 is 9.80 Å². The van der Waals surface area contributed by atoms with Crippen LogP contribution >= 0.6 is 11.6 Å². The molecule has 2 saturated heterocycles. The molecular formula is C14H22ClN5. The van der Waals surface area contributed by atoms with Crippen LogP contribution in [0.1, 0.15) is 45.4 Å². The topological polar surface area (TPSA) is 45.2 Å². The van der Waals surface area contributed by atoms with Crippen molar-refractivity contribution in [2.75, 3.05) is 29.4 Å². The van der Waals surface area contributed by atoms with Gasteiger partial charge in [-0.25, -0.2) is 0 Å². The maximum absolute atomic E-state index is 6.12. The van der Waals surface area contributed by atoms with Crippen molar-refractivity contribution in [2.24, 2.45) is 0 Å². The highest BCUT2D eigenvalue weighted by molar-refractivity contribution is 6.28. The van der Waals surface area contributed by atoms with Crippen molar-refractivity contribution in [2.45, 2.75) is 51.5 Å². The minimum atomic E-state index is 0.317. The molecule has 3 rings (SSSR count). The monoisotopic (exact) mass is 295 g/mol. The Morgan fingerprint density at radius 3 is 2.50 bits per heavy atom.